The average molecular weight is 782 g/mol. The molecule has 0 aromatic heterocycles. The fraction of sp³-hybridized carbons (Fsp3) is 0.975. The molecule has 1 amide bonds. The monoisotopic (exact) mass is 782 g/mol. The minimum Gasteiger partial charge on any atom is -0.394 e. The minimum absolute atomic E-state index is 0.230. The molecule has 0 aliphatic carbocycles. The van der Waals surface area contributed by atoms with Crippen molar-refractivity contribution in [3.8, 4) is 0 Å². The first-order chi connectivity index (χ1) is 25.5. The van der Waals surface area contributed by atoms with Crippen molar-refractivity contribution in [2.75, 3.05) is 13.2 Å². The van der Waals surface area contributed by atoms with E-state index in [2.05, 4.69) is 23.3 Å². The maximum atomic E-state index is 13.0. The first-order valence-corrected chi connectivity index (χ1v) is 22.8. The predicted molar refractivity (Wildman–Crippen MR) is 209 cm³/mol. The van der Waals surface area contributed by atoms with E-state index in [9.17, 15) is 33.6 Å². The van der Waals surface area contributed by atoms with Crippen LogP contribution in [0.25, 0.3) is 0 Å². The molecule has 1 rings (SSSR count). The summed E-state index contributed by atoms with van der Waals surface area (Å²) in [5.41, 5.74) is 0. The van der Waals surface area contributed by atoms with Gasteiger partial charge in [0.2, 0.25) is 5.91 Å². The van der Waals surface area contributed by atoms with Crippen LogP contribution in [0.3, 0.4) is 0 Å². The Kier molecular flexibility index (Phi) is 30.5. The zero-order valence-electron chi connectivity index (χ0n) is 33.3. The molecule has 53 heavy (non-hydrogen) atoms. The highest BCUT2D eigenvalue weighted by Gasteiger charge is 2.48. The Bertz CT molecular complexity index is 972. The molecule has 0 bridgehead atoms. The quantitative estimate of drug-likeness (QED) is 0.0274. The van der Waals surface area contributed by atoms with Crippen molar-refractivity contribution in [2.45, 2.75) is 236 Å². The van der Waals surface area contributed by atoms with Crippen molar-refractivity contribution in [3.05, 3.63) is 0 Å². The Balaban J connectivity index is 2.54. The van der Waals surface area contributed by atoms with E-state index in [0.717, 1.165) is 51.4 Å². The molecule has 1 saturated heterocycles. The van der Waals surface area contributed by atoms with Crippen molar-refractivity contribution in [1.29, 1.82) is 0 Å². The van der Waals surface area contributed by atoms with E-state index in [1.807, 2.05) is 0 Å². The number of hydrogen-bond acceptors (Lipinski definition) is 10. The molecular formula is C40H79NO11S. The maximum absolute atomic E-state index is 13.0. The van der Waals surface area contributed by atoms with E-state index in [1.54, 1.807) is 0 Å². The number of ether oxygens (including phenoxy) is 2. The molecule has 0 saturated carbocycles. The van der Waals surface area contributed by atoms with Crippen molar-refractivity contribution in [3.63, 3.8) is 0 Å². The lowest BCUT2D eigenvalue weighted by Crippen LogP contribution is -2.61. The summed E-state index contributed by atoms with van der Waals surface area (Å²) in [7, 11) is -5.07. The largest absolute Gasteiger partial charge is 0.397 e. The second-order valence-electron chi connectivity index (χ2n) is 15.3. The highest BCUT2D eigenvalue weighted by atomic mass is 32.3. The fourth-order valence-corrected chi connectivity index (χ4v) is 7.56. The Morgan fingerprint density at radius 3 is 1.51 bits per heavy atom. The Morgan fingerprint density at radius 2 is 1.09 bits per heavy atom. The predicted octanol–water partition coefficient (Wildman–Crippen LogP) is 7.44. The van der Waals surface area contributed by atoms with Crippen LogP contribution in [0.2, 0.25) is 0 Å². The van der Waals surface area contributed by atoms with Gasteiger partial charge >= 0.3 is 10.4 Å². The zero-order valence-corrected chi connectivity index (χ0v) is 34.2. The number of carbonyl (C=O) groups is 1. The number of unbranched alkanes of at least 4 members (excludes halogenated alkanes) is 24. The summed E-state index contributed by atoms with van der Waals surface area (Å²) in [4.78, 5) is 13.0. The van der Waals surface area contributed by atoms with E-state index >= 15 is 0 Å². The minimum atomic E-state index is -5.07. The number of rotatable bonds is 36. The van der Waals surface area contributed by atoms with E-state index in [1.165, 1.54) is 116 Å². The normalized spacial score (nSPS) is 21.8. The third kappa shape index (κ3) is 25.8. The number of hydrogen-bond donors (Lipinski definition) is 6. The van der Waals surface area contributed by atoms with Crippen molar-refractivity contribution < 1.29 is 51.8 Å². The Morgan fingerprint density at radius 1 is 0.679 bits per heavy atom. The standard InChI is InChI=1S/C40H79NO11S/c1-3-5-7-9-11-13-15-16-17-18-20-21-23-25-27-29-34(43)33(41-36(44)30-28-26-24-22-19-14-12-10-8-6-4-2)32-50-40-38(46)39(52-53(47,48)49)37(45)35(31-42)51-40/h33-35,37-40,42-43,45-46H,3-32H2,1-2H3,(H,41,44)(H,47,48,49). The molecular weight excluding hydrogens is 703 g/mol. The van der Waals surface area contributed by atoms with Gasteiger partial charge in [-0.05, 0) is 12.8 Å². The third-order valence-corrected chi connectivity index (χ3v) is 10.9. The smallest absolute Gasteiger partial charge is 0.394 e. The highest BCUT2D eigenvalue weighted by molar-refractivity contribution is 7.80. The summed E-state index contributed by atoms with van der Waals surface area (Å²) in [5.74, 6) is -0.230. The molecule has 1 heterocycles. The van der Waals surface area contributed by atoms with Gasteiger partial charge in [-0.25, -0.2) is 4.18 Å². The summed E-state index contributed by atoms with van der Waals surface area (Å²) in [6, 6.07) is -0.849. The van der Waals surface area contributed by atoms with E-state index < -0.39 is 59.9 Å². The number of amides is 1. The van der Waals surface area contributed by atoms with E-state index in [4.69, 9.17) is 14.0 Å². The molecule has 7 atom stereocenters. The van der Waals surface area contributed by atoms with Crippen LogP contribution in [-0.4, -0.2) is 95.4 Å². The van der Waals surface area contributed by atoms with Gasteiger partial charge in [-0.1, -0.05) is 174 Å². The van der Waals surface area contributed by atoms with Crippen molar-refractivity contribution in [1.82, 2.24) is 5.32 Å². The van der Waals surface area contributed by atoms with Crippen LogP contribution in [0.5, 0.6) is 0 Å². The zero-order chi connectivity index (χ0) is 39.2. The summed E-state index contributed by atoms with van der Waals surface area (Å²) in [6.45, 7) is 3.43. The average Bonchev–Trinajstić information content (AvgIpc) is 3.12. The second-order valence-corrected chi connectivity index (χ2v) is 16.3. The lowest BCUT2D eigenvalue weighted by Gasteiger charge is -2.41. The molecule has 7 unspecified atom stereocenters. The van der Waals surface area contributed by atoms with E-state index in [0.29, 0.717) is 12.8 Å². The number of aliphatic hydroxyl groups excluding tert-OH is 4. The van der Waals surface area contributed by atoms with Gasteiger partial charge in [0.15, 0.2) is 6.29 Å². The van der Waals surface area contributed by atoms with Gasteiger partial charge in [-0.3, -0.25) is 9.35 Å². The van der Waals surface area contributed by atoms with Crippen LogP contribution in [0.15, 0.2) is 0 Å². The van der Waals surface area contributed by atoms with E-state index in [-0.39, 0.29) is 12.5 Å². The van der Waals surface area contributed by atoms with Crippen LogP contribution in [0.4, 0.5) is 0 Å². The second kappa shape index (κ2) is 32.2. The molecule has 316 valence electrons. The summed E-state index contributed by atoms with van der Waals surface area (Å²) < 4.78 is 47.5. The highest BCUT2D eigenvalue weighted by Crippen LogP contribution is 2.26. The molecule has 6 N–H and O–H groups in total. The molecule has 0 radical (unpaired) electrons. The molecule has 12 nitrogen and oxygen atoms in total. The lowest BCUT2D eigenvalue weighted by atomic mass is 9.99. The maximum Gasteiger partial charge on any atom is 0.397 e. The molecule has 1 fully saturated rings. The van der Waals surface area contributed by atoms with Crippen molar-refractivity contribution >= 4 is 16.3 Å². The van der Waals surface area contributed by atoms with Crippen LogP contribution in [0, 0.1) is 0 Å². The van der Waals surface area contributed by atoms with Crippen LogP contribution >= 0.6 is 0 Å². The van der Waals surface area contributed by atoms with Gasteiger partial charge in [-0.2, -0.15) is 8.42 Å². The summed E-state index contributed by atoms with van der Waals surface area (Å²) in [6.07, 6.45) is 22.5. The third-order valence-electron chi connectivity index (χ3n) is 10.4. The van der Waals surface area contributed by atoms with Gasteiger partial charge in [0, 0.05) is 6.42 Å². The fourth-order valence-electron chi connectivity index (χ4n) is 7.05. The molecule has 0 aromatic carbocycles. The van der Waals surface area contributed by atoms with Gasteiger partial charge < -0.3 is 35.2 Å². The van der Waals surface area contributed by atoms with Gasteiger partial charge in [-0.15, -0.1) is 0 Å². The van der Waals surface area contributed by atoms with Gasteiger partial charge in [0.1, 0.15) is 24.4 Å². The van der Waals surface area contributed by atoms with Crippen LogP contribution in [0.1, 0.15) is 194 Å². The first kappa shape index (κ1) is 50.1. The van der Waals surface area contributed by atoms with Crippen LogP contribution < -0.4 is 5.32 Å². The first-order valence-electron chi connectivity index (χ1n) is 21.4. The molecule has 1 aliphatic heterocycles. The molecule has 0 aromatic rings. The SMILES string of the molecule is CCCCCCCCCCCCCCCCCC(O)C(COC1OC(CO)C(O)C(OS(=O)(=O)O)C1O)NC(=O)CCCCCCCCCCCCC. The topological polar surface area (TPSA) is 192 Å². The van der Waals surface area contributed by atoms with Gasteiger partial charge in [0.25, 0.3) is 0 Å². The summed E-state index contributed by atoms with van der Waals surface area (Å²) >= 11 is 0. The lowest BCUT2D eigenvalue weighted by molar-refractivity contribution is -0.298. The van der Waals surface area contributed by atoms with Crippen molar-refractivity contribution in [2.24, 2.45) is 0 Å². The number of aliphatic hydroxyl groups is 4. The number of carbonyl (C=O) groups excluding carboxylic acids is 1. The number of nitrogens with one attached hydrogen (secondary N) is 1. The Hall–Kier alpha value is -0.900. The Labute approximate surface area is 322 Å². The molecule has 13 heteroatoms. The molecule has 1 aliphatic rings. The molecule has 0 spiro atoms. The van der Waals surface area contributed by atoms with Crippen LogP contribution in [-0.2, 0) is 28.9 Å². The van der Waals surface area contributed by atoms with Gasteiger partial charge in [0.05, 0.1) is 25.4 Å². The summed E-state index contributed by atoms with van der Waals surface area (Å²) in [5, 5.41) is 44.7.